The molecule has 110 valence electrons. The minimum Gasteiger partial charge on any atom is -0.487 e. The van der Waals surface area contributed by atoms with Crippen molar-refractivity contribution in [1.82, 2.24) is 4.98 Å². The highest BCUT2D eigenvalue weighted by atomic mass is 16.5. The number of hydrogen-bond donors (Lipinski definition) is 1. The Balaban J connectivity index is 1.59. The van der Waals surface area contributed by atoms with Crippen LogP contribution in [0, 0.1) is 0 Å². The van der Waals surface area contributed by atoms with Crippen molar-refractivity contribution in [1.29, 1.82) is 0 Å². The zero-order chi connectivity index (χ0) is 14.5. The average Bonchev–Trinajstić information content (AvgIpc) is 2.54. The van der Waals surface area contributed by atoms with Gasteiger partial charge in [0.05, 0.1) is 5.69 Å². The van der Waals surface area contributed by atoms with E-state index in [1.807, 2.05) is 30.3 Å². The molecule has 21 heavy (non-hydrogen) atoms. The Hall–Kier alpha value is -2.07. The minimum atomic E-state index is 0.291. The second-order valence-corrected chi connectivity index (χ2v) is 5.45. The molecule has 0 spiro atoms. The van der Waals surface area contributed by atoms with Crippen LogP contribution in [-0.2, 0) is 6.61 Å². The van der Waals surface area contributed by atoms with E-state index in [1.54, 1.807) is 6.20 Å². The van der Waals surface area contributed by atoms with Crippen LogP contribution in [0.2, 0.25) is 0 Å². The van der Waals surface area contributed by atoms with Gasteiger partial charge < -0.3 is 15.4 Å². The van der Waals surface area contributed by atoms with Gasteiger partial charge in [-0.1, -0.05) is 6.07 Å². The Bertz CT molecular complexity index is 556. The molecular formula is C17H21N3O. The molecule has 0 saturated carbocycles. The number of nitrogens with zero attached hydrogens (tertiary/aromatic N) is 2. The van der Waals surface area contributed by atoms with Crippen molar-refractivity contribution in [3.63, 3.8) is 0 Å². The van der Waals surface area contributed by atoms with Crippen LogP contribution in [0.5, 0.6) is 5.75 Å². The molecule has 0 aliphatic carbocycles. The zero-order valence-corrected chi connectivity index (χ0v) is 12.1. The number of piperidine rings is 1. The molecule has 2 aromatic rings. The molecule has 1 aliphatic heterocycles. The van der Waals surface area contributed by atoms with Gasteiger partial charge in [0.1, 0.15) is 12.4 Å². The fourth-order valence-corrected chi connectivity index (χ4v) is 2.64. The van der Waals surface area contributed by atoms with E-state index in [2.05, 4.69) is 22.0 Å². The number of benzene rings is 1. The van der Waals surface area contributed by atoms with Gasteiger partial charge in [-0.3, -0.25) is 4.98 Å². The predicted molar refractivity (Wildman–Crippen MR) is 84.4 cm³/mol. The van der Waals surface area contributed by atoms with Gasteiger partial charge in [-0.05, 0) is 49.2 Å². The molecular weight excluding hydrogens is 262 g/mol. The third kappa shape index (κ3) is 3.73. The van der Waals surface area contributed by atoms with Crippen LogP contribution in [0.25, 0.3) is 0 Å². The minimum absolute atomic E-state index is 0.291. The van der Waals surface area contributed by atoms with Crippen LogP contribution in [0.4, 0.5) is 5.69 Å². The quantitative estimate of drug-likeness (QED) is 0.937. The highest BCUT2D eigenvalue weighted by molar-refractivity contribution is 5.49. The Morgan fingerprint density at radius 1 is 1.19 bits per heavy atom. The second kappa shape index (κ2) is 6.59. The highest BCUT2D eigenvalue weighted by Gasteiger charge is 2.16. The summed E-state index contributed by atoms with van der Waals surface area (Å²) in [5, 5.41) is 0. The monoisotopic (exact) mass is 283 g/mol. The highest BCUT2D eigenvalue weighted by Crippen LogP contribution is 2.22. The van der Waals surface area contributed by atoms with Crippen molar-refractivity contribution < 1.29 is 4.74 Å². The molecule has 1 aromatic carbocycles. The van der Waals surface area contributed by atoms with E-state index in [-0.39, 0.29) is 0 Å². The Morgan fingerprint density at radius 3 is 2.76 bits per heavy atom. The molecule has 1 saturated heterocycles. The van der Waals surface area contributed by atoms with E-state index < -0.39 is 0 Å². The molecule has 1 fully saturated rings. The normalized spacial score (nSPS) is 18.5. The van der Waals surface area contributed by atoms with Gasteiger partial charge in [0.15, 0.2) is 0 Å². The number of aromatic nitrogens is 1. The molecule has 2 N–H and O–H groups in total. The van der Waals surface area contributed by atoms with Crippen LogP contribution in [0.3, 0.4) is 0 Å². The van der Waals surface area contributed by atoms with E-state index in [9.17, 15) is 0 Å². The largest absolute Gasteiger partial charge is 0.487 e. The summed E-state index contributed by atoms with van der Waals surface area (Å²) in [6, 6.07) is 14.4. The summed E-state index contributed by atoms with van der Waals surface area (Å²) in [6.07, 6.45) is 4.07. The summed E-state index contributed by atoms with van der Waals surface area (Å²) < 4.78 is 5.75. The molecule has 0 radical (unpaired) electrons. The first-order chi connectivity index (χ1) is 10.3. The molecule has 2 heterocycles. The van der Waals surface area contributed by atoms with Crippen molar-refractivity contribution in [2.75, 3.05) is 18.0 Å². The van der Waals surface area contributed by atoms with Crippen LogP contribution in [-0.4, -0.2) is 24.1 Å². The van der Waals surface area contributed by atoms with Gasteiger partial charge in [-0.15, -0.1) is 0 Å². The first-order valence-corrected chi connectivity index (χ1v) is 7.44. The number of nitrogens with two attached hydrogens (primary N) is 1. The first kappa shape index (κ1) is 13.9. The van der Waals surface area contributed by atoms with E-state index in [0.717, 1.165) is 31.0 Å². The number of anilines is 1. The maximum Gasteiger partial charge on any atom is 0.130 e. The second-order valence-electron chi connectivity index (χ2n) is 5.45. The first-order valence-electron chi connectivity index (χ1n) is 7.44. The standard InChI is InChI=1S/C17H21N3O/c18-14-4-3-11-20(12-14)16-6-8-17(9-7-16)21-13-15-5-1-2-10-19-15/h1-2,5-10,14H,3-4,11-13,18H2. The van der Waals surface area contributed by atoms with E-state index in [0.29, 0.717) is 12.6 Å². The zero-order valence-electron chi connectivity index (χ0n) is 12.1. The van der Waals surface area contributed by atoms with E-state index in [1.165, 1.54) is 12.1 Å². The van der Waals surface area contributed by atoms with Gasteiger partial charge in [-0.25, -0.2) is 0 Å². The van der Waals surface area contributed by atoms with Crippen molar-refractivity contribution in [3.05, 3.63) is 54.4 Å². The van der Waals surface area contributed by atoms with Crippen molar-refractivity contribution >= 4 is 5.69 Å². The fourth-order valence-electron chi connectivity index (χ4n) is 2.64. The topological polar surface area (TPSA) is 51.4 Å². The molecule has 4 heteroatoms. The number of ether oxygens (including phenoxy) is 1. The van der Waals surface area contributed by atoms with Gasteiger partial charge >= 0.3 is 0 Å². The van der Waals surface area contributed by atoms with Crippen molar-refractivity contribution in [2.45, 2.75) is 25.5 Å². The smallest absolute Gasteiger partial charge is 0.130 e. The predicted octanol–water partition coefficient (Wildman–Crippen LogP) is 2.59. The molecule has 0 bridgehead atoms. The summed E-state index contributed by atoms with van der Waals surface area (Å²) in [5.74, 6) is 0.866. The third-order valence-electron chi connectivity index (χ3n) is 3.77. The average molecular weight is 283 g/mol. The van der Waals surface area contributed by atoms with Gasteiger partial charge in [0.25, 0.3) is 0 Å². The third-order valence-corrected chi connectivity index (χ3v) is 3.77. The summed E-state index contributed by atoms with van der Waals surface area (Å²) in [4.78, 5) is 6.59. The van der Waals surface area contributed by atoms with E-state index in [4.69, 9.17) is 10.5 Å². The molecule has 1 atom stereocenters. The van der Waals surface area contributed by atoms with Gasteiger partial charge in [0.2, 0.25) is 0 Å². The SMILES string of the molecule is NC1CCCN(c2ccc(OCc3ccccn3)cc2)C1. The summed E-state index contributed by atoms with van der Waals surface area (Å²) in [6.45, 7) is 2.52. The van der Waals surface area contributed by atoms with Crippen molar-refractivity contribution in [2.24, 2.45) is 5.73 Å². The molecule has 1 unspecified atom stereocenters. The lowest BCUT2D eigenvalue weighted by Crippen LogP contribution is -2.42. The number of rotatable bonds is 4. The van der Waals surface area contributed by atoms with Crippen LogP contribution >= 0.6 is 0 Å². The van der Waals surface area contributed by atoms with Crippen LogP contribution < -0.4 is 15.4 Å². The van der Waals surface area contributed by atoms with Crippen molar-refractivity contribution in [3.8, 4) is 5.75 Å². The maximum absolute atomic E-state index is 6.03. The lowest BCUT2D eigenvalue weighted by molar-refractivity contribution is 0.301. The molecule has 3 rings (SSSR count). The maximum atomic E-state index is 6.03. The number of pyridine rings is 1. The molecule has 0 amide bonds. The Morgan fingerprint density at radius 2 is 2.05 bits per heavy atom. The number of hydrogen-bond acceptors (Lipinski definition) is 4. The van der Waals surface area contributed by atoms with Crippen LogP contribution in [0.15, 0.2) is 48.7 Å². The lowest BCUT2D eigenvalue weighted by atomic mass is 10.1. The lowest BCUT2D eigenvalue weighted by Gasteiger charge is -2.32. The van der Waals surface area contributed by atoms with Gasteiger partial charge in [0, 0.05) is 31.0 Å². The Labute approximate surface area is 125 Å². The summed E-state index contributed by atoms with van der Waals surface area (Å²) in [5.41, 5.74) is 8.18. The van der Waals surface area contributed by atoms with Gasteiger partial charge in [-0.2, -0.15) is 0 Å². The van der Waals surface area contributed by atoms with Crippen LogP contribution in [0.1, 0.15) is 18.5 Å². The Kier molecular flexibility index (Phi) is 4.36. The summed E-state index contributed by atoms with van der Waals surface area (Å²) in [7, 11) is 0. The summed E-state index contributed by atoms with van der Waals surface area (Å²) >= 11 is 0. The molecule has 1 aliphatic rings. The molecule has 1 aromatic heterocycles. The molecule has 4 nitrogen and oxygen atoms in total. The fraction of sp³-hybridized carbons (Fsp3) is 0.353. The van der Waals surface area contributed by atoms with E-state index >= 15 is 0 Å².